The van der Waals surface area contributed by atoms with Crippen LogP contribution >= 0.6 is 15.9 Å². The molecular weight excluding hydrogens is 358 g/mol. The Hall–Kier alpha value is -1.66. The van der Waals surface area contributed by atoms with E-state index < -0.39 is 0 Å². The van der Waals surface area contributed by atoms with Crippen molar-refractivity contribution in [3.8, 4) is 11.3 Å². The van der Waals surface area contributed by atoms with E-state index in [2.05, 4.69) is 26.2 Å². The minimum Gasteiger partial charge on any atom is -0.441 e. The van der Waals surface area contributed by atoms with Crippen LogP contribution in [0.4, 0.5) is 0 Å². The summed E-state index contributed by atoms with van der Waals surface area (Å²) >= 11 is 3.51. The number of aromatic nitrogens is 1. The summed E-state index contributed by atoms with van der Waals surface area (Å²) in [5.74, 6) is 1.45. The number of carbonyl (C=O) groups excluding carboxylic acids is 1. The zero-order valence-corrected chi connectivity index (χ0v) is 14.7. The van der Waals surface area contributed by atoms with Crippen LogP contribution in [0.3, 0.4) is 0 Å². The number of benzene rings is 1. The fourth-order valence-corrected chi connectivity index (χ4v) is 3.26. The first-order valence-electron chi connectivity index (χ1n) is 7.81. The molecule has 1 amide bonds. The number of hydrogen-bond acceptors (Lipinski definition) is 4. The zero-order chi connectivity index (χ0) is 16.2. The van der Waals surface area contributed by atoms with Gasteiger partial charge < -0.3 is 14.6 Å². The van der Waals surface area contributed by atoms with E-state index in [1.165, 1.54) is 0 Å². The minimum atomic E-state index is 0.138. The third kappa shape index (κ3) is 3.82. The maximum absolute atomic E-state index is 12.3. The molecule has 2 aromatic rings. The average molecular weight is 378 g/mol. The van der Waals surface area contributed by atoms with Gasteiger partial charge in [-0.1, -0.05) is 34.1 Å². The van der Waals surface area contributed by atoms with E-state index in [1.807, 2.05) is 36.2 Å². The number of nitrogens with zero attached hydrogens (tertiary/aromatic N) is 2. The number of oxazole rings is 1. The van der Waals surface area contributed by atoms with Crippen LogP contribution in [0.1, 0.15) is 18.7 Å². The third-order valence-corrected chi connectivity index (χ3v) is 4.91. The zero-order valence-electron chi connectivity index (χ0n) is 13.1. The van der Waals surface area contributed by atoms with E-state index in [1.54, 1.807) is 6.20 Å². The van der Waals surface area contributed by atoms with Crippen molar-refractivity contribution in [2.75, 3.05) is 20.1 Å². The number of halogens is 1. The van der Waals surface area contributed by atoms with Crippen molar-refractivity contribution in [3.63, 3.8) is 0 Å². The van der Waals surface area contributed by atoms with Crippen molar-refractivity contribution in [1.82, 2.24) is 15.2 Å². The monoisotopic (exact) mass is 377 g/mol. The van der Waals surface area contributed by atoms with Crippen LogP contribution in [0.25, 0.3) is 11.3 Å². The highest BCUT2D eigenvalue weighted by Gasteiger charge is 2.23. The van der Waals surface area contributed by atoms with Crippen LogP contribution in [0, 0.1) is 0 Å². The fraction of sp³-hybridized carbons (Fsp3) is 0.412. The number of hydrogen-bond donors (Lipinski definition) is 1. The number of aryl methyl sites for hydroxylation is 1. The first kappa shape index (κ1) is 16.2. The summed E-state index contributed by atoms with van der Waals surface area (Å²) < 4.78 is 6.75. The van der Waals surface area contributed by atoms with Gasteiger partial charge in [0.05, 0.1) is 6.20 Å². The molecule has 1 saturated heterocycles. The molecule has 2 heterocycles. The van der Waals surface area contributed by atoms with Crippen LogP contribution in [-0.4, -0.2) is 42.0 Å². The molecule has 1 unspecified atom stereocenters. The first-order chi connectivity index (χ1) is 11.1. The lowest BCUT2D eigenvalue weighted by Crippen LogP contribution is -2.38. The molecule has 1 fully saturated rings. The fourth-order valence-electron chi connectivity index (χ4n) is 2.78. The molecule has 122 valence electrons. The number of rotatable bonds is 5. The first-order valence-corrected chi connectivity index (χ1v) is 8.60. The van der Waals surface area contributed by atoms with Gasteiger partial charge in [0.15, 0.2) is 11.7 Å². The standard InChI is InChI=1S/C17H20BrN3O2/c1-21(12-8-9-19-10-12)17(22)7-6-16-20-11-15(23-16)13-4-2-3-5-14(13)18/h2-5,11-12,19H,6-10H2,1H3. The van der Waals surface area contributed by atoms with Crippen molar-refractivity contribution in [1.29, 1.82) is 0 Å². The smallest absolute Gasteiger partial charge is 0.223 e. The van der Waals surface area contributed by atoms with Crippen LogP contribution in [-0.2, 0) is 11.2 Å². The highest BCUT2D eigenvalue weighted by molar-refractivity contribution is 9.10. The molecule has 1 aliphatic heterocycles. The summed E-state index contributed by atoms with van der Waals surface area (Å²) in [6.45, 7) is 1.87. The number of nitrogens with one attached hydrogen (secondary N) is 1. The van der Waals surface area contributed by atoms with Gasteiger partial charge in [0.2, 0.25) is 5.91 Å². The maximum atomic E-state index is 12.3. The van der Waals surface area contributed by atoms with Crippen molar-refractivity contribution < 1.29 is 9.21 Å². The topological polar surface area (TPSA) is 58.4 Å². The van der Waals surface area contributed by atoms with Crippen LogP contribution in [0.15, 0.2) is 39.4 Å². The Morgan fingerprint density at radius 1 is 1.48 bits per heavy atom. The molecule has 23 heavy (non-hydrogen) atoms. The molecule has 0 saturated carbocycles. The second-order valence-corrected chi connectivity index (χ2v) is 6.60. The van der Waals surface area contributed by atoms with Gasteiger partial charge in [0.1, 0.15) is 0 Å². The molecule has 3 rings (SSSR count). The summed E-state index contributed by atoms with van der Waals surface area (Å²) in [6.07, 6.45) is 3.68. The summed E-state index contributed by atoms with van der Waals surface area (Å²) in [5.41, 5.74) is 0.965. The normalized spacial score (nSPS) is 17.4. The Kier molecular flexibility index (Phi) is 5.13. The Morgan fingerprint density at radius 3 is 3.04 bits per heavy atom. The minimum absolute atomic E-state index is 0.138. The van der Waals surface area contributed by atoms with Gasteiger partial charge in [-0.25, -0.2) is 4.98 Å². The molecule has 0 radical (unpaired) electrons. The summed E-state index contributed by atoms with van der Waals surface area (Å²) in [7, 11) is 1.88. The van der Waals surface area contributed by atoms with E-state index in [-0.39, 0.29) is 5.91 Å². The lowest BCUT2D eigenvalue weighted by molar-refractivity contribution is -0.131. The van der Waals surface area contributed by atoms with E-state index in [9.17, 15) is 4.79 Å². The highest BCUT2D eigenvalue weighted by atomic mass is 79.9. The van der Waals surface area contributed by atoms with Gasteiger partial charge in [-0.05, 0) is 19.0 Å². The lowest BCUT2D eigenvalue weighted by atomic mass is 10.2. The summed E-state index contributed by atoms with van der Waals surface area (Å²) in [6, 6.07) is 8.16. The molecular formula is C17H20BrN3O2. The Labute approximate surface area is 144 Å². The largest absolute Gasteiger partial charge is 0.441 e. The van der Waals surface area contributed by atoms with E-state index in [4.69, 9.17) is 4.42 Å². The molecule has 5 nitrogen and oxygen atoms in total. The van der Waals surface area contributed by atoms with Crippen molar-refractivity contribution in [2.45, 2.75) is 25.3 Å². The van der Waals surface area contributed by atoms with Gasteiger partial charge in [0, 0.05) is 42.5 Å². The van der Waals surface area contributed by atoms with Gasteiger partial charge in [-0.2, -0.15) is 0 Å². The average Bonchev–Trinajstić information content (AvgIpc) is 3.24. The van der Waals surface area contributed by atoms with Crippen LogP contribution in [0.5, 0.6) is 0 Å². The van der Waals surface area contributed by atoms with Crippen LogP contribution < -0.4 is 5.32 Å². The predicted octanol–water partition coefficient (Wildman–Crippen LogP) is 2.86. The van der Waals surface area contributed by atoms with Crippen LogP contribution in [0.2, 0.25) is 0 Å². The molecule has 1 aromatic carbocycles. The molecule has 6 heteroatoms. The SMILES string of the molecule is CN(C(=O)CCc1ncc(-c2ccccc2Br)o1)C1CCNC1. The molecule has 0 aliphatic carbocycles. The van der Waals surface area contributed by atoms with E-state index >= 15 is 0 Å². The Morgan fingerprint density at radius 2 is 2.30 bits per heavy atom. The Bertz CT molecular complexity index is 680. The quantitative estimate of drug-likeness (QED) is 0.870. The molecule has 1 aliphatic rings. The van der Waals surface area contributed by atoms with Crippen molar-refractivity contribution in [2.24, 2.45) is 0 Å². The van der Waals surface area contributed by atoms with Gasteiger partial charge in [-0.15, -0.1) is 0 Å². The van der Waals surface area contributed by atoms with Crippen molar-refractivity contribution >= 4 is 21.8 Å². The maximum Gasteiger partial charge on any atom is 0.223 e. The van der Waals surface area contributed by atoms with Crippen molar-refractivity contribution in [3.05, 3.63) is 40.8 Å². The number of likely N-dealkylation sites (N-methyl/N-ethyl adjacent to an activating group) is 1. The number of carbonyl (C=O) groups is 1. The second kappa shape index (κ2) is 7.27. The highest BCUT2D eigenvalue weighted by Crippen LogP contribution is 2.28. The lowest BCUT2D eigenvalue weighted by Gasteiger charge is -2.23. The number of amides is 1. The molecule has 0 bridgehead atoms. The predicted molar refractivity (Wildman–Crippen MR) is 92.0 cm³/mol. The third-order valence-electron chi connectivity index (χ3n) is 4.22. The molecule has 0 spiro atoms. The molecule has 1 aromatic heterocycles. The van der Waals surface area contributed by atoms with Gasteiger partial charge in [0.25, 0.3) is 0 Å². The van der Waals surface area contributed by atoms with Gasteiger partial charge in [-0.3, -0.25) is 4.79 Å². The second-order valence-electron chi connectivity index (χ2n) is 5.75. The molecule has 1 N–H and O–H groups in total. The Balaban J connectivity index is 1.59. The van der Waals surface area contributed by atoms with Gasteiger partial charge >= 0.3 is 0 Å². The molecule has 1 atom stereocenters. The van der Waals surface area contributed by atoms with E-state index in [0.29, 0.717) is 30.5 Å². The summed E-state index contributed by atoms with van der Waals surface area (Å²) in [5, 5.41) is 3.28. The van der Waals surface area contributed by atoms with E-state index in [0.717, 1.165) is 29.5 Å². The summed E-state index contributed by atoms with van der Waals surface area (Å²) in [4.78, 5) is 18.4.